The van der Waals surface area contributed by atoms with Crippen molar-refractivity contribution >= 4 is 17.5 Å². The standard InChI is InChI=1S/C23H22O11.C2H6/c1-7-13-10(5-11(26)14(7)23(31)32)18(27)16-17(19(13)28)20(29)15(22(33-2)21(16)30)12-4-8(25)3-9(6-24)34-12;1-2/h5,8-9,12,24-26,29-30H,3-4,6H2,1-2H3,(H,31,32);1-2H3/t8-,9-,12?;/m0./s1. The molecule has 0 radical (unpaired) electrons. The van der Waals surface area contributed by atoms with Gasteiger partial charge in [-0.15, -0.1) is 0 Å². The van der Waals surface area contributed by atoms with Crippen molar-refractivity contribution in [1.29, 1.82) is 0 Å². The maximum absolute atomic E-state index is 13.5. The largest absolute Gasteiger partial charge is 0.507 e. The number of phenols is 3. The number of aliphatic hydroxyl groups excluding tert-OH is 2. The highest BCUT2D eigenvalue weighted by Crippen LogP contribution is 2.52. The highest BCUT2D eigenvalue weighted by molar-refractivity contribution is 6.31. The van der Waals surface area contributed by atoms with Crippen LogP contribution < -0.4 is 4.74 Å². The van der Waals surface area contributed by atoms with E-state index in [4.69, 9.17) is 9.47 Å². The Hall–Kier alpha value is -3.67. The molecule has 2 aromatic rings. The molecule has 4 rings (SSSR count). The van der Waals surface area contributed by atoms with Crippen LogP contribution in [-0.2, 0) is 4.74 Å². The van der Waals surface area contributed by atoms with Crippen molar-refractivity contribution in [2.45, 2.75) is 51.9 Å². The van der Waals surface area contributed by atoms with E-state index in [-0.39, 0.29) is 40.8 Å². The minimum Gasteiger partial charge on any atom is -0.507 e. The number of fused-ring (bicyclic) bond motifs is 2. The highest BCUT2D eigenvalue weighted by Gasteiger charge is 2.43. The third kappa shape index (κ3) is 4.04. The van der Waals surface area contributed by atoms with Gasteiger partial charge >= 0.3 is 5.97 Å². The van der Waals surface area contributed by atoms with Gasteiger partial charge in [-0.2, -0.15) is 0 Å². The summed E-state index contributed by atoms with van der Waals surface area (Å²) in [6, 6.07) is 0.832. The molecule has 0 amide bonds. The quantitative estimate of drug-likeness (QED) is 0.285. The normalized spacial score (nSPS) is 20.7. The Morgan fingerprint density at radius 3 is 2.22 bits per heavy atom. The number of carbonyl (C=O) groups is 3. The van der Waals surface area contributed by atoms with E-state index >= 15 is 0 Å². The van der Waals surface area contributed by atoms with Crippen molar-refractivity contribution in [1.82, 2.24) is 0 Å². The molecule has 2 aliphatic rings. The molecule has 1 saturated heterocycles. The molecule has 1 unspecified atom stereocenters. The highest BCUT2D eigenvalue weighted by atomic mass is 16.5. The predicted octanol–water partition coefficient (Wildman–Crippen LogP) is 2.19. The summed E-state index contributed by atoms with van der Waals surface area (Å²) in [5, 5.41) is 61.3. The molecule has 36 heavy (non-hydrogen) atoms. The van der Waals surface area contributed by atoms with Crippen LogP contribution in [0.4, 0.5) is 0 Å². The van der Waals surface area contributed by atoms with E-state index in [1.807, 2.05) is 13.8 Å². The van der Waals surface area contributed by atoms with Gasteiger partial charge in [-0.25, -0.2) is 4.79 Å². The fourth-order valence-electron chi connectivity index (χ4n) is 4.76. The molecule has 194 valence electrons. The zero-order valence-corrected chi connectivity index (χ0v) is 20.2. The number of methoxy groups -OCH3 is 1. The Morgan fingerprint density at radius 2 is 1.67 bits per heavy atom. The SMILES string of the molecule is CC.COc1c(O)c2c(c(O)c1C1C[C@@H](O)C[C@@H](CO)O1)C(=O)c1c(cc(O)c(C(=O)O)c1C)C2=O. The van der Waals surface area contributed by atoms with Gasteiger partial charge in [-0.3, -0.25) is 9.59 Å². The summed E-state index contributed by atoms with van der Waals surface area (Å²) in [7, 11) is 1.16. The summed E-state index contributed by atoms with van der Waals surface area (Å²) >= 11 is 0. The molecule has 1 heterocycles. The van der Waals surface area contributed by atoms with Gasteiger partial charge in [-0.05, 0) is 18.6 Å². The number of hydrogen-bond donors (Lipinski definition) is 6. The first kappa shape index (κ1) is 26.9. The second-order valence-corrected chi connectivity index (χ2v) is 8.23. The molecule has 1 aliphatic heterocycles. The second-order valence-electron chi connectivity index (χ2n) is 8.23. The monoisotopic (exact) mass is 504 g/mol. The number of ether oxygens (including phenoxy) is 2. The fraction of sp³-hybridized carbons (Fsp3) is 0.400. The molecular formula is C25H28O11. The average Bonchev–Trinajstić information content (AvgIpc) is 2.83. The van der Waals surface area contributed by atoms with Crippen LogP contribution in [0, 0.1) is 6.92 Å². The van der Waals surface area contributed by atoms with Gasteiger partial charge in [0.05, 0.1) is 48.7 Å². The molecule has 2 aromatic carbocycles. The topological polar surface area (TPSA) is 191 Å². The Bertz CT molecular complexity index is 1250. The lowest BCUT2D eigenvalue weighted by Gasteiger charge is -2.34. The van der Waals surface area contributed by atoms with Crippen LogP contribution in [0.2, 0.25) is 0 Å². The molecule has 0 aromatic heterocycles. The summed E-state index contributed by atoms with van der Waals surface area (Å²) in [5.74, 6) is -6.01. The molecule has 0 spiro atoms. The Balaban J connectivity index is 0.00000176. The lowest BCUT2D eigenvalue weighted by molar-refractivity contribution is -0.114. The van der Waals surface area contributed by atoms with Crippen LogP contribution in [0.3, 0.4) is 0 Å². The van der Waals surface area contributed by atoms with Gasteiger partial charge in [0.15, 0.2) is 23.1 Å². The van der Waals surface area contributed by atoms with Gasteiger partial charge in [0.25, 0.3) is 0 Å². The Morgan fingerprint density at radius 1 is 1.06 bits per heavy atom. The number of benzene rings is 2. The van der Waals surface area contributed by atoms with E-state index in [0.29, 0.717) is 0 Å². The zero-order chi connectivity index (χ0) is 27.1. The van der Waals surface area contributed by atoms with Crippen LogP contribution in [-0.4, -0.2) is 74.1 Å². The molecule has 6 N–H and O–H groups in total. The number of carboxylic acid groups (broad SMARTS) is 1. The summed E-state index contributed by atoms with van der Waals surface area (Å²) in [4.78, 5) is 38.4. The van der Waals surface area contributed by atoms with E-state index in [1.54, 1.807) is 0 Å². The minimum absolute atomic E-state index is 0.0621. The number of aromatic carboxylic acids is 1. The van der Waals surface area contributed by atoms with Crippen molar-refractivity contribution in [3.63, 3.8) is 0 Å². The maximum Gasteiger partial charge on any atom is 0.339 e. The molecule has 11 nitrogen and oxygen atoms in total. The van der Waals surface area contributed by atoms with Crippen LogP contribution in [0.5, 0.6) is 23.0 Å². The molecule has 11 heteroatoms. The first-order chi connectivity index (χ1) is 17.0. The molecule has 1 aliphatic carbocycles. The van der Waals surface area contributed by atoms with Crippen LogP contribution in [0.25, 0.3) is 0 Å². The third-order valence-corrected chi connectivity index (χ3v) is 6.24. The molecular weight excluding hydrogens is 476 g/mol. The average molecular weight is 504 g/mol. The zero-order valence-electron chi connectivity index (χ0n) is 20.2. The molecule has 3 atom stereocenters. The Kier molecular flexibility index (Phi) is 7.58. The number of rotatable bonds is 4. The summed E-state index contributed by atoms with van der Waals surface area (Å²) < 4.78 is 10.9. The van der Waals surface area contributed by atoms with Crippen molar-refractivity contribution in [2.24, 2.45) is 0 Å². The second kappa shape index (κ2) is 10.1. The van der Waals surface area contributed by atoms with Gasteiger partial charge < -0.3 is 40.1 Å². The van der Waals surface area contributed by atoms with Gasteiger partial charge in [0.2, 0.25) is 0 Å². The number of aliphatic hydroxyl groups is 2. The van der Waals surface area contributed by atoms with E-state index in [0.717, 1.165) is 13.2 Å². The number of carboxylic acids is 1. The first-order valence-corrected chi connectivity index (χ1v) is 11.3. The molecule has 0 saturated carbocycles. The van der Waals surface area contributed by atoms with Crippen molar-refractivity contribution < 1.29 is 54.5 Å². The minimum atomic E-state index is -1.52. The first-order valence-electron chi connectivity index (χ1n) is 11.3. The van der Waals surface area contributed by atoms with Crippen LogP contribution in [0.1, 0.15) is 86.1 Å². The Labute approximate surface area is 206 Å². The molecule has 0 bridgehead atoms. The smallest absolute Gasteiger partial charge is 0.339 e. The number of ketones is 2. The lowest BCUT2D eigenvalue weighted by atomic mass is 9.78. The summed E-state index contributed by atoms with van der Waals surface area (Å²) in [6.07, 6.45) is -2.77. The van der Waals surface area contributed by atoms with E-state index in [9.17, 15) is 45.0 Å². The number of hydrogen-bond acceptors (Lipinski definition) is 10. The maximum atomic E-state index is 13.5. The number of carbonyl (C=O) groups excluding carboxylic acids is 2. The van der Waals surface area contributed by atoms with E-state index in [2.05, 4.69) is 0 Å². The van der Waals surface area contributed by atoms with Gasteiger partial charge in [0, 0.05) is 24.0 Å². The third-order valence-electron chi connectivity index (χ3n) is 6.24. The van der Waals surface area contributed by atoms with E-state index < -0.39 is 76.4 Å². The fourth-order valence-corrected chi connectivity index (χ4v) is 4.76. The van der Waals surface area contributed by atoms with Crippen molar-refractivity contribution in [3.05, 3.63) is 45.0 Å². The molecule has 1 fully saturated rings. The van der Waals surface area contributed by atoms with Crippen LogP contribution >= 0.6 is 0 Å². The lowest BCUT2D eigenvalue weighted by Crippen LogP contribution is -2.34. The summed E-state index contributed by atoms with van der Waals surface area (Å²) in [5.41, 5.74) is -2.80. The number of phenolic OH excluding ortho intramolecular Hbond substituents is 2. The summed E-state index contributed by atoms with van der Waals surface area (Å²) in [6.45, 7) is 4.81. The van der Waals surface area contributed by atoms with Gasteiger partial charge in [0.1, 0.15) is 17.1 Å². The number of aromatic hydroxyl groups is 3. The van der Waals surface area contributed by atoms with Crippen molar-refractivity contribution in [3.8, 4) is 23.0 Å². The predicted molar refractivity (Wildman–Crippen MR) is 124 cm³/mol. The van der Waals surface area contributed by atoms with Crippen molar-refractivity contribution in [2.75, 3.05) is 13.7 Å². The van der Waals surface area contributed by atoms with Crippen LogP contribution in [0.15, 0.2) is 6.07 Å². The van der Waals surface area contributed by atoms with E-state index in [1.165, 1.54) is 6.92 Å². The van der Waals surface area contributed by atoms with Gasteiger partial charge in [-0.1, -0.05) is 13.8 Å².